The van der Waals surface area contributed by atoms with E-state index in [9.17, 15) is 23.1 Å². The molecule has 2 aromatic carbocycles. The quantitative estimate of drug-likeness (QED) is 0.825. The lowest BCUT2D eigenvalue weighted by Gasteiger charge is -2.32. The summed E-state index contributed by atoms with van der Waals surface area (Å²) in [5.74, 6) is -0.355. The Morgan fingerprint density at radius 2 is 1.97 bits per heavy atom. The molecular weight excluding hydrogens is 389 g/mol. The number of para-hydroxylation sites is 1. The summed E-state index contributed by atoms with van der Waals surface area (Å²) in [6.07, 6.45) is -6.02. The molecule has 9 heteroatoms. The molecule has 0 fully saturated rings. The number of methoxy groups -OCH3 is 1. The average molecular weight is 408 g/mol. The molecule has 1 atom stereocenters. The molecule has 6 nitrogen and oxygen atoms in total. The fourth-order valence-corrected chi connectivity index (χ4v) is 2.91. The van der Waals surface area contributed by atoms with Crippen LogP contribution in [0.1, 0.15) is 17.5 Å². The van der Waals surface area contributed by atoms with Crippen molar-refractivity contribution in [2.24, 2.45) is 5.10 Å². The van der Waals surface area contributed by atoms with Crippen LogP contribution < -0.4 is 9.47 Å². The van der Waals surface area contributed by atoms with Gasteiger partial charge in [0.25, 0.3) is 11.6 Å². The van der Waals surface area contributed by atoms with Gasteiger partial charge in [0.15, 0.2) is 6.61 Å². The van der Waals surface area contributed by atoms with E-state index in [-0.39, 0.29) is 10.7 Å². The van der Waals surface area contributed by atoms with Crippen molar-refractivity contribution in [2.45, 2.75) is 25.2 Å². The molecule has 1 aliphatic heterocycles. The number of aliphatic hydroxyl groups is 1. The monoisotopic (exact) mass is 408 g/mol. The van der Waals surface area contributed by atoms with Gasteiger partial charge in [0.2, 0.25) is 0 Å². The standard InChI is InChI=1S/C20H19F3N2O4/c1-13-6-3-4-9-17(13)29-12-18(26)25-19(27,20(21,22)23)11-16(24-25)14-7-5-8-15(10-14)28-2/h3-10,27H,11-12H2,1-2H3/t19-/m1/s1. The third kappa shape index (κ3) is 4.04. The maximum Gasteiger partial charge on any atom is 0.438 e. The number of hydrogen-bond acceptors (Lipinski definition) is 5. The highest BCUT2D eigenvalue weighted by molar-refractivity contribution is 6.03. The molecule has 0 aromatic heterocycles. The van der Waals surface area contributed by atoms with E-state index in [4.69, 9.17) is 9.47 Å². The Balaban J connectivity index is 1.88. The topological polar surface area (TPSA) is 71.4 Å². The maximum atomic E-state index is 13.6. The van der Waals surface area contributed by atoms with Gasteiger partial charge in [0.05, 0.1) is 19.2 Å². The number of halogens is 3. The number of alkyl halides is 3. The number of carbonyl (C=O) groups excluding carboxylic acids is 1. The summed E-state index contributed by atoms with van der Waals surface area (Å²) in [6, 6.07) is 13.0. The molecule has 2 aromatic rings. The maximum absolute atomic E-state index is 13.6. The van der Waals surface area contributed by atoms with Gasteiger partial charge in [0.1, 0.15) is 11.5 Å². The fraction of sp³-hybridized carbons (Fsp3) is 0.300. The van der Waals surface area contributed by atoms with Crippen molar-refractivity contribution in [1.29, 1.82) is 0 Å². The van der Waals surface area contributed by atoms with Crippen molar-refractivity contribution < 1.29 is 32.5 Å². The highest BCUT2D eigenvalue weighted by Crippen LogP contribution is 2.41. The van der Waals surface area contributed by atoms with Crippen LogP contribution in [0, 0.1) is 6.92 Å². The second-order valence-electron chi connectivity index (χ2n) is 6.53. The van der Waals surface area contributed by atoms with Crippen molar-refractivity contribution in [2.75, 3.05) is 13.7 Å². The number of carbonyl (C=O) groups is 1. The van der Waals surface area contributed by atoms with E-state index >= 15 is 0 Å². The molecule has 1 N–H and O–H groups in total. The van der Waals surface area contributed by atoms with Crippen molar-refractivity contribution in [1.82, 2.24) is 5.01 Å². The van der Waals surface area contributed by atoms with E-state index in [1.54, 1.807) is 43.3 Å². The lowest BCUT2D eigenvalue weighted by molar-refractivity contribution is -0.302. The van der Waals surface area contributed by atoms with Crippen LogP contribution in [0.5, 0.6) is 11.5 Å². The summed E-state index contributed by atoms with van der Waals surface area (Å²) in [5.41, 5.74) is -2.53. The van der Waals surface area contributed by atoms with Gasteiger partial charge in [-0.2, -0.15) is 23.3 Å². The highest BCUT2D eigenvalue weighted by atomic mass is 19.4. The van der Waals surface area contributed by atoms with Gasteiger partial charge >= 0.3 is 6.18 Å². The first kappa shape index (κ1) is 20.7. The van der Waals surface area contributed by atoms with Gasteiger partial charge in [-0.05, 0) is 30.7 Å². The molecule has 0 saturated carbocycles. The first-order valence-electron chi connectivity index (χ1n) is 8.68. The number of rotatable bonds is 5. The van der Waals surface area contributed by atoms with E-state index in [0.717, 1.165) is 0 Å². The number of aryl methyl sites for hydroxylation is 1. The van der Waals surface area contributed by atoms with Gasteiger partial charge in [-0.25, -0.2) is 0 Å². The molecule has 1 heterocycles. The molecule has 0 spiro atoms. The molecule has 0 radical (unpaired) electrons. The molecule has 0 bridgehead atoms. The summed E-state index contributed by atoms with van der Waals surface area (Å²) in [4.78, 5) is 12.5. The zero-order chi connectivity index (χ0) is 21.2. The first-order chi connectivity index (χ1) is 13.7. The zero-order valence-corrected chi connectivity index (χ0v) is 15.7. The van der Waals surface area contributed by atoms with E-state index in [1.165, 1.54) is 19.2 Å². The Morgan fingerprint density at radius 3 is 2.62 bits per heavy atom. The second-order valence-corrected chi connectivity index (χ2v) is 6.53. The molecule has 0 aliphatic carbocycles. The average Bonchev–Trinajstić information content (AvgIpc) is 3.06. The van der Waals surface area contributed by atoms with Crippen LogP contribution in [0.25, 0.3) is 0 Å². The SMILES string of the molecule is COc1cccc(C2=NN(C(=O)COc3ccccc3C)[C@](O)(C(F)(F)F)C2)c1. The number of amides is 1. The van der Waals surface area contributed by atoms with Gasteiger partial charge < -0.3 is 14.6 Å². The van der Waals surface area contributed by atoms with Crippen LogP contribution in [-0.2, 0) is 4.79 Å². The van der Waals surface area contributed by atoms with Crippen LogP contribution >= 0.6 is 0 Å². The van der Waals surface area contributed by atoms with Crippen LogP contribution in [0.4, 0.5) is 13.2 Å². The summed E-state index contributed by atoms with van der Waals surface area (Å²) in [7, 11) is 1.42. The van der Waals surface area contributed by atoms with Crippen LogP contribution in [0.2, 0.25) is 0 Å². The van der Waals surface area contributed by atoms with Crippen molar-refractivity contribution in [3.8, 4) is 11.5 Å². The molecule has 154 valence electrons. The molecule has 1 aliphatic rings. The molecule has 29 heavy (non-hydrogen) atoms. The summed E-state index contributed by atoms with van der Waals surface area (Å²) in [5, 5.41) is 14.2. The number of hydrogen-bond donors (Lipinski definition) is 1. The number of hydrazone groups is 1. The third-order valence-corrected chi connectivity index (χ3v) is 4.52. The third-order valence-electron chi connectivity index (χ3n) is 4.52. The lowest BCUT2D eigenvalue weighted by atomic mass is 10.0. The lowest BCUT2D eigenvalue weighted by Crippen LogP contribution is -2.57. The van der Waals surface area contributed by atoms with E-state index in [2.05, 4.69) is 5.10 Å². The first-order valence-corrected chi connectivity index (χ1v) is 8.68. The fourth-order valence-electron chi connectivity index (χ4n) is 2.91. The minimum Gasteiger partial charge on any atom is -0.497 e. The smallest absolute Gasteiger partial charge is 0.438 e. The Labute approximate surface area is 165 Å². The van der Waals surface area contributed by atoms with Gasteiger partial charge in [-0.1, -0.05) is 30.3 Å². The van der Waals surface area contributed by atoms with Crippen LogP contribution in [0.3, 0.4) is 0 Å². The predicted octanol–water partition coefficient (Wildman–Crippen LogP) is 3.27. The number of benzene rings is 2. The van der Waals surface area contributed by atoms with Crippen molar-refractivity contribution in [3.63, 3.8) is 0 Å². The normalized spacial score (nSPS) is 19.1. The Hall–Kier alpha value is -3.07. The second kappa shape index (κ2) is 7.75. The van der Waals surface area contributed by atoms with Crippen molar-refractivity contribution in [3.05, 3.63) is 59.7 Å². The Morgan fingerprint density at radius 1 is 1.24 bits per heavy atom. The molecule has 0 unspecified atom stereocenters. The Bertz CT molecular complexity index is 945. The minimum absolute atomic E-state index is 0.0556. The predicted molar refractivity (Wildman–Crippen MR) is 98.7 cm³/mol. The molecule has 0 saturated heterocycles. The Kier molecular flexibility index (Phi) is 5.52. The van der Waals surface area contributed by atoms with Gasteiger partial charge in [-0.3, -0.25) is 4.79 Å². The largest absolute Gasteiger partial charge is 0.497 e. The molecule has 3 rings (SSSR count). The van der Waals surface area contributed by atoms with Crippen LogP contribution in [0.15, 0.2) is 53.6 Å². The van der Waals surface area contributed by atoms with Gasteiger partial charge in [0, 0.05) is 5.56 Å². The summed E-state index contributed by atoms with van der Waals surface area (Å²) < 4.78 is 51.3. The number of nitrogens with zero attached hydrogens (tertiary/aromatic N) is 2. The van der Waals surface area contributed by atoms with E-state index < -0.39 is 30.8 Å². The van der Waals surface area contributed by atoms with E-state index in [0.29, 0.717) is 22.6 Å². The summed E-state index contributed by atoms with van der Waals surface area (Å²) in [6.45, 7) is 1.03. The van der Waals surface area contributed by atoms with Crippen molar-refractivity contribution >= 4 is 11.6 Å². The highest BCUT2D eigenvalue weighted by Gasteiger charge is 2.63. The van der Waals surface area contributed by atoms with E-state index in [1.807, 2.05) is 0 Å². The molecular formula is C20H19F3N2O4. The zero-order valence-electron chi connectivity index (χ0n) is 15.7. The molecule has 1 amide bonds. The van der Waals surface area contributed by atoms with Gasteiger partial charge in [-0.15, -0.1) is 0 Å². The minimum atomic E-state index is -5.12. The van der Waals surface area contributed by atoms with Crippen LogP contribution in [-0.4, -0.2) is 47.4 Å². The number of ether oxygens (including phenoxy) is 2. The summed E-state index contributed by atoms with van der Waals surface area (Å²) >= 11 is 0.